The van der Waals surface area contributed by atoms with E-state index in [4.69, 9.17) is 26.2 Å². The maximum absolute atomic E-state index is 11.9. The lowest BCUT2D eigenvalue weighted by Gasteiger charge is -2.13. The van der Waals surface area contributed by atoms with Gasteiger partial charge in [0.2, 0.25) is 0 Å². The quantitative estimate of drug-likeness (QED) is 0.650. The van der Waals surface area contributed by atoms with Crippen LogP contribution in [0.3, 0.4) is 0 Å². The van der Waals surface area contributed by atoms with Gasteiger partial charge in [-0.25, -0.2) is 4.79 Å². The highest BCUT2D eigenvalue weighted by Gasteiger charge is 2.17. The van der Waals surface area contributed by atoms with E-state index in [0.717, 1.165) is 11.1 Å². The molecule has 6 nitrogen and oxygen atoms in total. The van der Waals surface area contributed by atoms with Gasteiger partial charge in [0.1, 0.15) is 5.75 Å². The fourth-order valence-electron chi connectivity index (χ4n) is 2.36. The zero-order chi connectivity index (χ0) is 19.6. The monoisotopic (exact) mass is 391 g/mol. The molecule has 0 aliphatic carbocycles. The Kier molecular flexibility index (Phi) is 8.10. The number of amides is 1. The minimum Gasteiger partial charge on any atom is -0.484 e. The van der Waals surface area contributed by atoms with E-state index in [9.17, 15) is 9.59 Å². The zero-order valence-corrected chi connectivity index (χ0v) is 15.7. The van der Waals surface area contributed by atoms with E-state index in [1.165, 1.54) is 0 Å². The van der Waals surface area contributed by atoms with Gasteiger partial charge < -0.3 is 19.9 Å². The molecule has 7 heteroatoms. The molecule has 0 bridgehead atoms. The van der Waals surface area contributed by atoms with Crippen molar-refractivity contribution in [1.29, 1.82) is 0 Å². The molecular formula is C20H22ClNO5. The van der Waals surface area contributed by atoms with Crippen LogP contribution in [0.5, 0.6) is 5.75 Å². The van der Waals surface area contributed by atoms with E-state index in [1.807, 2.05) is 12.1 Å². The van der Waals surface area contributed by atoms with Crippen LogP contribution in [0.2, 0.25) is 5.02 Å². The summed E-state index contributed by atoms with van der Waals surface area (Å²) in [6.07, 6.45) is -0.606. The fourth-order valence-corrected chi connectivity index (χ4v) is 2.48. The summed E-state index contributed by atoms with van der Waals surface area (Å²) in [5.41, 5.74) is 1.76. The minimum absolute atomic E-state index is 0.108. The molecule has 27 heavy (non-hydrogen) atoms. The van der Waals surface area contributed by atoms with Gasteiger partial charge in [-0.05, 0) is 42.3 Å². The summed E-state index contributed by atoms with van der Waals surface area (Å²) < 4.78 is 10.6. The van der Waals surface area contributed by atoms with Gasteiger partial charge in [-0.15, -0.1) is 0 Å². The lowest BCUT2D eigenvalue weighted by Crippen LogP contribution is -2.28. The number of ether oxygens (including phenoxy) is 2. The molecule has 0 heterocycles. The summed E-state index contributed by atoms with van der Waals surface area (Å²) in [4.78, 5) is 23.0. The van der Waals surface area contributed by atoms with E-state index in [1.54, 1.807) is 43.3 Å². The number of benzene rings is 2. The standard InChI is InChI=1S/C20H22ClNO5/c1-2-26-18(20(24)25)11-14-5-9-17(10-6-14)27-13-19(23)22-12-15-3-7-16(21)8-4-15/h3-10,18H,2,11-13H2,1H3,(H,22,23)(H,24,25)/t18-/m0/s1. The number of nitrogens with one attached hydrogen (secondary N) is 1. The van der Waals surface area contributed by atoms with E-state index in [2.05, 4.69) is 5.32 Å². The zero-order valence-electron chi connectivity index (χ0n) is 15.0. The van der Waals surface area contributed by atoms with Crippen LogP contribution >= 0.6 is 11.6 Å². The maximum Gasteiger partial charge on any atom is 0.333 e. The molecular weight excluding hydrogens is 370 g/mol. The predicted molar refractivity (Wildman–Crippen MR) is 102 cm³/mol. The van der Waals surface area contributed by atoms with E-state index < -0.39 is 12.1 Å². The highest BCUT2D eigenvalue weighted by atomic mass is 35.5. The molecule has 0 aliphatic heterocycles. The summed E-state index contributed by atoms with van der Waals surface area (Å²) >= 11 is 5.82. The SMILES string of the molecule is CCO[C@@H](Cc1ccc(OCC(=O)NCc2ccc(Cl)cc2)cc1)C(=O)O. The third-order valence-electron chi connectivity index (χ3n) is 3.76. The predicted octanol–water partition coefficient (Wildman–Crippen LogP) is 3.07. The topological polar surface area (TPSA) is 84.9 Å². The molecule has 2 aromatic rings. The number of halogens is 1. The largest absolute Gasteiger partial charge is 0.484 e. The summed E-state index contributed by atoms with van der Waals surface area (Å²) in [6.45, 7) is 2.38. The second-order valence-electron chi connectivity index (χ2n) is 5.82. The average molecular weight is 392 g/mol. The van der Waals surface area contributed by atoms with Crippen molar-refractivity contribution in [2.75, 3.05) is 13.2 Å². The minimum atomic E-state index is -0.991. The third kappa shape index (κ3) is 7.29. The first-order valence-electron chi connectivity index (χ1n) is 8.55. The Hall–Kier alpha value is -2.57. The van der Waals surface area contributed by atoms with Crippen LogP contribution in [0.4, 0.5) is 0 Å². The van der Waals surface area contributed by atoms with Gasteiger partial charge in [-0.2, -0.15) is 0 Å². The molecule has 0 saturated carbocycles. The van der Waals surface area contributed by atoms with Crippen molar-refractivity contribution in [2.45, 2.75) is 26.0 Å². The van der Waals surface area contributed by atoms with Crippen molar-refractivity contribution in [2.24, 2.45) is 0 Å². The van der Waals surface area contributed by atoms with E-state index >= 15 is 0 Å². The molecule has 0 spiro atoms. The molecule has 1 atom stereocenters. The second kappa shape index (κ2) is 10.5. The van der Waals surface area contributed by atoms with Crippen LogP contribution in [0.25, 0.3) is 0 Å². The Bertz CT molecular complexity index is 746. The highest BCUT2D eigenvalue weighted by Crippen LogP contribution is 2.14. The first kappa shape index (κ1) is 20.7. The Balaban J connectivity index is 1.77. The highest BCUT2D eigenvalue weighted by molar-refractivity contribution is 6.30. The van der Waals surface area contributed by atoms with Crippen LogP contribution in [0.1, 0.15) is 18.1 Å². The van der Waals surface area contributed by atoms with Gasteiger partial charge in [0.15, 0.2) is 12.7 Å². The van der Waals surface area contributed by atoms with Gasteiger partial charge in [0.05, 0.1) is 0 Å². The van der Waals surface area contributed by atoms with Gasteiger partial charge in [-0.1, -0.05) is 35.9 Å². The molecule has 0 fully saturated rings. The molecule has 0 unspecified atom stereocenters. The molecule has 2 N–H and O–H groups in total. The third-order valence-corrected chi connectivity index (χ3v) is 4.01. The van der Waals surface area contributed by atoms with Crippen molar-refractivity contribution in [1.82, 2.24) is 5.32 Å². The summed E-state index contributed by atoms with van der Waals surface area (Å²) in [5.74, 6) is -0.700. The van der Waals surface area contributed by atoms with Crippen LogP contribution in [0, 0.1) is 0 Å². The van der Waals surface area contributed by atoms with Gasteiger partial charge in [0.25, 0.3) is 5.91 Å². The number of aliphatic carboxylic acids is 1. The van der Waals surface area contributed by atoms with Gasteiger partial charge >= 0.3 is 5.97 Å². The number of carboxylic acid groups (broad SMARTS) is 1. The first-order valence-corrected chi connectivity index (χ1v) is 8.93. The van der Waals surface area contributed by atoms with E-state index in [-0.39, 0.29) is 18.9 Å². The molecule has 2 rings (SSSR count). The van der Waals surface area contributed by atoms with Crippen molar-refractivity contribution < 1.29 is 24.2 Å². The smallest absolute Gasteiger partial charge is 0.333 e. The Morgan fingerprint density at radius 3 is 2.30 bits per heavy atom. The van der Waals surface area contributed by atoms with E-state index in [0.29, 0.717) is 23.9 Å². The van der Waals surface area contributed by atoms with Crippen LogP contribution in [0.15, 0.2) is 48.5 Å². The molecule has 2 aromatic carbocycles. The normalized spacial score (nSPS) is 11.6. The van der Waals surface area contributed by atoms with Gasteiger partial charge in [-0.3, -0.25) is 4.79 Å². The lowest BCUT2D eigenvalue weighted by molar-refractivity contribution is -0.150. The number of hydrogen-bond donors (Lipinski definition) is 2. The molecule has 0 aromatic heterocycles. The number of hydrogen-bond acceptors (Lipinski definition) is 4. The molecule has 144 valence electrons. The van der Waals surface area contributed by atoms with Crippen molar-refractivity contribution in [3.05, 3.63) is 64.7 Å². The van der Waals surface area contributed by atoms with Crippen molar-refractivity contribution >= 4 is 23.5 Å². The summed E-state index contributed by atoms with van der Waals surface area (Å²) in [6, 6.07) is 14.1. The molecule has 0 saturated heterocycles. The Morgan fingerprint density at radius 2 is 1.70 bits per heavy atom. The summed E-state index contributed by atoms with van der Waals surface area (Å²) in [5, 5.41) is 12.5. The van der Waals surface area contributed by atoms with Gasteiger partial charge in [0, 0.05) is 24.6 Å². The maximum atomic E-state index is 11.9. The molecule has 1 amide bonds. The number of rotatable bonds is 10. The average Bonchev–Trinajstić information content (AvgIpc) is 2.66. The van der Waals surface area contributed by atoms with Crippen molar-refractivity contribution in [3.8, 4) is 5.75 Å². The second-order valence-corrected chi connectivity index (χ2v) is 6.26. The number of carboxylic acids is 1. The Morgan fingerprint density at radius 1 is 1.07 bits per heavy atom. The molecule has 0 radical (unpaired) electrons. The summed E-state index contributed by atoms with van der Waals surface area (Å²) in [7, 11) is 0. The van der Waals surface area contributed by atoms with Crippen LogP contribution in [-0.4, -0.2) is 36.3 Å². The molecule has 0 aliphatic rings. The Labute approximate surface area is 163 Å². The lowest BCUT2D eigenvalue weighted by atomic mass is 10.1. The van der Waals surface area contributed by atoms with Crippen LogP contribution < -0.4 is 10.1 Å². The van der Waals surface area contributed by atoms with Crippen molar-refractivity contribution in [3.63, 3.8) is 0 Å². The van der Waals surface area contributed by atoms with Crippen LogP contribution in [-0.2, 0) is 27.3 Å². The first-order chi connectivity index (χ1) is 13.0. The number of carbonyl (C=O) groups is 2. The fraction of sp³-hybridized carbons (Fsp3) is 0.300. The number of carbonyl (C=O) groups excluding carboxylic acids is 1.